The Morgan fingerprint density at radius 3 is 1.79 bits per heavy atom. The van der Waals surface area contributed by atoms with E-state index in [0.717, 1.165) is 0 Å². The maximum atomic E-state index is 12.3. The third kappa shape index (κ3) is 3.98. The molecule has 0 aliphatic rings. The van der Waals surface area contributed by atoms with Gasteiger partial charge in [-0.05, 0) is 6.92 Å². The van der Waals surface area contributed by atoms with Gasteiger partial charge in [0.15, 0.2) is 0 Å². The lowest BCUT2D eigenvalue weighted by Crippen LogP contribution is -2.57. The third-order valence-corrected chi connectivity index (χ3v) is 2.10. The Balaban J connectivity index is 5.08. The standard InChI is InChI=1S/C8H9F6NO4/c1-6(7(9,10)11,8(12,13)14)19-4(16)2-3(15)5(17)18/h3H,2,15H2,1H3,(H,17,18)/t3-/m0/s1. The number of esters is 1. The fourth-order valence-electron chi connectivity index (χ4n) is 0.813. The first kappa shape index (κ1) is 17.5. The summed E-state index contributed by atoms with van der Waals surface area (Å²) in [5.41, 5.74) is 0.0646. The molecule has 0 aromatic heterocycles. The van der Waals surface area contributed by atoms with Gasteiger partial charge in [0.1, 0.15) is 6.04 Å². The van der Waals surface area contributed by atoms with Gasteiger partial charge in [-0.1, -0.05) is 0 Å². The minimum Gasteiger partial charge on any atom is -0.480 e. The van der Waals surface area contributed by atoms with Gasteiger partial charge in [-0.3, -0.25) is 9.59 Å². The summed E-state index contributed by atoms with van der Waals surface area (Å²) in [4.78, 5) is 21.1. The van der Waals surface area contributed by atoms with E-state index in [1.807, 2.05) is 0 Å². The number of carbonyl (C=O) groups excluding carboxylic acids is 1. The SMILES string of the molecule is CC(OC(=O)C[C@H](N)C(=O)O)(C(F)(F)F)C(F)(F)F. The molecule has 0 heterocycles. The van der Waals surface area contributed by atoms with E-state index in [1.165, 1.54) is 0 Å². The van der Waals surface area contributed by atoms with Crippen LogP contribution in [0.3, 0.4) is 0 Å². The molecule has 19 heavy (non-hydrogen) atoms. The van der Waals surface area contributed by atoms with Gasteiger partial charge in [0.25, 0.3) is 5.60 Å². The summed E-state index contributed by atoms with van der Waals surface area (Å²) in [5, 5.41) is 8.27. The second-order valence-corrected chi connectivity index (χ2v) is 3.65. The molecule has 112 valence electrons. The molecule has 0 aromatic rings. The molecule has 11 heteroatoms. The number of aliphatic carboxylic acids is 1. The Morgan fingerprint density at radius 2 is 1.53 bits per heavy atom. The van der Waals surface area contributed by atoms with Gasteiger partial charge in [0, 0.05) is 0 Å². The molecule has 3 N–H and O–H groups in total. The second-order valence-electron chi connectivity index (χ2n) is 3.65. The number of hydrogen-bond acceptors (Lipinski definition) is 4. The maximum absolute atomic E-state index is 12.3. The number of halogens is 6. The van der Waals surface area contributed by atoms with Crippen molar-refractivity contribution < 1.29 is 45.8 Å². The zero-order chi connectivity index (χ0) is 15.6. The number of hydrogen-bond donors (Lipinski definition) is 2. The maximum Gasteiger partial charge on any atom is 0.437 e. The molecule has 0 aliphatic heterocycles. The van der Waals surface area contributed by atoms with E-state index >= 15 is 0 Å². The molecule has 0 fully saturated rings. The number of carboxylic acid groups (broad SMARTS) is 1. The normalized spacial score (nSPS) is 14.9. The molecule has 0 amide bonds. The lowest BCUT2D eigenvalue weighted by Gasteiger charge is -2.33. The summed E-state index contributed by atoms with van der Waals surface area (Å²) >= 11 is 0. The van der Waals surface area contributed by atoms with Crippen molar-refractivity contribution in [3.05, 3.63) is 0 Å². The van der Waals surface area contributed by atoms with Crippen molar-refractivity contribution in [3.8, 4) is 0 Å². The van der Waals surface area contributed by atoms with Crippen molar-refractivity contribution in [2.75, 3.05) is 0 Å². The number of alkyl halides is 6. The predicted octanol–water partition coefficient (Wildman–Crippen LogP) is 1.21. The Bertz CT molecular complexity index is 349. The molecule has 0 unspecified atom stereocenters. The molecule has 0 aliphatic carbocycles. The summed E-state index contributed by atoms with van der Waals surface area (Å²) in [6.07, 6.45) is -13.1. The van der Waals surface area contributed by atoms with Gasteiger partial charge < -0.3 is 15.6 Å². The number of carboxylic acids is 1. The van der Waals surface area contributed by atoms with Crippen molar-refractivity contribution in [3.63, 3.8) is 0 Å². The molecule has 0 radical (unpaired) electrons. The van der Waals surface area contributed by atoms with E-state index in [2.05, 4.69) is 4.74 Å². The van der Waals surface area contributed by atoms with E-state index in [9.17, 15) is 35.9 Å². The average molecular weight is 297 g/mol. The lowest BCUT2D eigenvalue weighted by atomic mass is 10.1. The fraction of sp³-hybridized carbons (Fsp3) is 0.750. The van der Waals surface area contributed by atoms with Crippen molar-refractivity contribution >= 4 is 11.9 Å². The Morgan fingerprint density at radius 1 is 1.16 bits per heavy atom. The summed E-state index contributed by atoms with van der Waals surface area (Å²) < 4.78 is 77.2. The van der Waals surface area contributed by atoms with Gasteiger partial charge in [0.05, 0.1) is 6.42 Å². The van der Waals surface area contributed by atoms with Crippen LogP contribution in [0.1, 0.15) is 13.3 Å². The topological polar surface area (TPSA) is 89.6 Å². The summed E-state index contributed by atoms with van der Waals surface area (Å²) in [6, 6.07) is -1.96. The summed E-state index contributed by atoms with van der Waals surface area (Å²) in [7, 11) is 0. The zero-order valence-corrected chi connectivity index (χ0v) is 9.30. The summed E-state index contributed by atoms with van der Waals surface area (Å²) in [5.74, 6) is -3.79. The van der Waals surface area contributed by atoms with Gasteiger partial charge in [-0.2, -0.15) is 26.3 Å². The van der Waals surface area contributed by atoms with E-state index in [-0.39, 0.29) is 6.92 Å². The molecular weight excluding hydrogens is 288 g/mol. The van der Waals surface area contributed by atoms with Crippen LogP contribution in [0.2, 0.25) is 0 Å². The van der Waals surface area contributed by atoms with Crippen LogP contribution in [-0.4, -0.2) is 41.0 Å². The molecule has 0 rings (SSSR count). The van der Waals surface area contributed by atoms with E-state index < -0.39 is 42.4 Å². The highest BCUT2D eigenvalue weighted by Crippen LogP contribution is 2.45. The van der Waals surface area contributed by atoms with Crippen molar-refractivity contribution in [2.45, 2.75) is 37.3 Å². The third-order valence-electron chi connectivity index (χ3n) is 2.10. The predicted molar refractivity (Wildman–Crippen MR) is 46.8 cm³/mol. The molecule has 0 bridgehead atoms. The smallest absolute Gasteiger partial charge is 0.437 e. The van der Waals surface area contributed by atoms with Crippen LogP contribution in [0.4, 0.5) is 26.3 Å². The molecule has 0 aromatic carbocycles. The molecule has 0 saturated carbocycles. The first-order valence-electron chi connectivity index (χ1n) is 4.56. The van der Waals surface area contributed by atoms with Crippen molar-refractivity contribution in [1.29, 1.82) is 0 Å². The monoisotopic (exact) mass is 297 g/mol. The van der Waals surface area contributed by atoms with Crippen LogP contribution in [0.15, 0.2) is 0 Å². The first-order chi connectivity index (χ1) is 8.22. The highest BCUT2D eigenvalue weighted by molar-refractivity contribution is 5.81. The Hall–Kier alpha value is -1.52. The molecular formula is C8H9F6NO4. The number of nitrogens with two attached hydrogens (primary N) is 1. The zero-order valence-electron chi connectivity index (χ0n) is 9.30. The van der Waals surface area contributed by atoms with Crippen LogP contribution < -0.4 is 5.73 Å². The van der Waals surface area contributed by atoms with Crippen LogP contribution in [0, 0.1) is 0 Å². The van der Waals surface area contributed by atoms with Crippen LogP contribution in [0.5, 0.6) is 0 Å². The number of carbonyl (C=O) groups is 2. The first-order valence-corrected chi connectivity index (χ1v) is 4.56. The summed E-state index contributed by atoms with van der Waals surface area (Å²) in [6.45, 7) is -0.378. The number of rotatable bonds is 4. The van der Waals surface area contributed by atoms with E-state index in [0.29, 0.717) is 0 Å². The van der Waals surface area contributed by atoms with Gasteiger partial charge in [-0.15, -0.1) is 0 Å². The minimum atomic E-state index is -5.91. The van der Waals surface area contributed by atoms with Crippen LogP contribution in [-0.2, 0) is 14.3 Å². The van der Waals surface area contributed by atoms with Gasteiger partial charge in [-0.25, -0.2) is 0 Å². The second kappa shape index (κ2) is 5.23. The highest BCUT2D eigenvalue weighted by atomic mass is 19.4. The van der Waals surface area contributed by atoms with Gasteiger partial charge >= 0.3 is 24.3 Å². The van der Waals surface area contributed by atoms with Crippen LogP contribution in [0.25, 0.3) is 0 Å². The van der Waals surface area contributed by atoms with E-state index in [1.54, 1.807) is 0 Å². The molecule has 5 nitrogen and oxygen atoms in total. The molecule has 1 atom stereocenters. The van der Waals surface area contributed by atoms with Crippen molar-refractivity contribution in [1.82, 2.24) is 0 Å². The fourth-order valence-corrected chi connectivity index (χ4v) is 0.813. The molecule has 0 saturated heterocycles. The quantitative estimate of drug-likeness (QED) is 0.601. The van der Waals surface area contributed by atoms with E-state index in [4.69, 9.17) is 10.8 Å². The van der Waals surface area contributed by atoms with Crippen LogP contribution >= 0.6 is 0 Å². The average Bonchev–Trinajstić information content (AvgIpc) is 2.13. The lowest BCUT2D eigenvalue weighted by molar-refractivity contribution is -0.363. The van der Waals surface area contributed by atoms with Crippen molar-refractivity contribution in [2.24, 2.45) is 5.73 Å². The molecule has 0 spiro atoms. The minimum absolute atomic E-state index is 0.378. The Kier molecular flexibility index (Phi) is 4.81. The largest absolute Gasteiger partial charge is 0.480 e. The number of ether oxygens (including phenoxy) is 1. The van der Waals surface area contributed by atoms with Gasteiger partial charge in [0.2, 0.25) is 0 Å². The highest BCUT2D eigenvalue weighted by Gasteiger charge is 2.71. The Labute approximate surface area is 102 Å².